The Morgan fingerprint density at radius 2 is 2.00 bits per heavy atom. The van der Waals surface area contributed by atoms with E-state index < -0.39 is 12.1 Å². The van der Waals surface area contributed by atoms with Crippen LogP contribution in [0.25, 0.3) is 0 Å². The average Bonchev–Trinajstić information content (AvgIpc) is 2.34. The van der Waals surface area contributed by atoms with Gasteiger partial charge in [0.05, 0.1) is 0 Å². The molecule has 0 aliphatic rings. The summed E-state index contributed by atoms with van der Waals surface area (Å²) < 4.78 is 9.97. The van der Waals surface area contributed by atoms with Gasteiger partial charge in [-0.1, -0.05) is 25.1 Å². The zero-order valence-corrected chi connectivity index (χ0v) is 10.4. The van der Waals surface area contributed by atoms with Crippen molar-refractivity contribution in [1.82, 2.24) is 0 Å². The van der Waals surface area contributed by atoms with Gasteiger partial charge in [0.15, 0.2) is 6.10 Å². The molecule has 0 spiro atoms. The third kappa shape index (κ3) is 4.08. The minimum Gasteiger partial charge on any atom is -0.508 e. The molecule has 1 rings (SSSR count). The first kappa shape index (κ1) is 14.0. The molecule has 0 saturated carbocycles. The van der Waals surface area contributed by atoms with E-state index in [0.717, 1.165) is 0 Å². The minimum atomic E-state index is -0.792. The van der Waals surface area contributed by atoms with Gasteiger partial charge in [-0.2, -0.15) is 0 Å². The number of carbonyl (C=O) groups excluding carboxylic acids is 2. The normalized spacial score (nSPS) is 11.7. The minimum absolute atomic E-state index is 0.00343. The highest BCUT2D eigenvalue weighted by Crippen LogP contribution is 2.26. The number of ether oxygens (including phenoxy) is 2. The van der Waals surface area contributed by atoms with E-state index in [-0.39, 0.29) is 24.7 Å². The number of phenolic OH excluding ortho intramolecular Hbond substituents is 1. The highest BCUT2D eigenvalue weighted by Gasteiger charge is 2.19. The summed E-state index contributed by atoms with van der Waals surface area (Å²) in [5.74, 6) is -0.894. The molecule has 0 fully saturated rings. The standard InChI is InChI=1S/C13H16O5/c1-3-13(16)17-8-12(18-9(2)14)10-6-4-5-7-11(10)15/h4-7,12,15H,3,8H2,1-2H3/t12-/m1/s1. The summed E-state index contributed by atoms with van der Waals surface area (Å²) in [4.78, 5) is 22.1. The van der Waals surface area contributed by atoms with Crippen molar-refractivity contribution in [2.75, 3.05) is 6.61 Å². The van der Waals surface area contributed by atoms with E-state index >= 15 is 0 Å². The maximum absolute atomic E-state index is 11.1. The van der Waals surface area contributed by atoms with Gasteiger partial charge < -0.3 is 14.6 Å². The van der Waals surface area contributed by atoms with Crippen molar-refractivity contribution in [3.63, 3.8) is 0 Å². The van der Waals surface area contributed by atoms with E-state index in [4.69, 9.17) is 9.47 Å². The summed E-state index contributed by atoms with van der Waals surface area (Å²) >= 11 is 0. The lowest BCUT2D eigenvalue weighted by molar-refractivity contribution is -0.157. The van der Waals surface area contributed by atoms with Crippen LogP contribution in [0.1, 0.15) is 31.9 Å². The van der Waals surface area contributed by atoms with Crippen molar-refractivity contribution in [3.05, 3.63) is 29.8 Å². The second-order valence-corrected chi connectivity index (χ2v) is 3.69. The molecule has 5 nitrogen and oxygen atoms in total. The van der Waals surface area contributed by atoms with Crippen molar-refractivity contribution in [2.24, 2.45) is 0 Å². The van der Waals surface area contributed by atoms with Gasteiger partial charge in [0, 0.05) is 18.9 Å². The Hall–Kier alpha value is -2.04. The van der Waals surface area contributed by atoms with Gasteiger partial charge in [0.1, 0.15) is 12.4 Å². The lowest BCUT2D eigenvalue weighted by Gasteiger charge is -2.18. The maximum atomic E-state index is 11.1. The van der Waals surface area contributed by atoms with E-state index in [1.54, 1.807) is 25.1 Å². The Kier molecular flexibility index (Phi) is 5.17. The molecule has 0 aliphatic carbocycles. The van der Waals surface area contributed by atoms with Crippen molar-refractivity contribution >= 4 is 11.9 Å². The molecule has 0 bridgehead atoms. The van der Waals surface area contributed by atoms with E-state index in [9.17, 15) is 14.7 Å². The Balaban J connectivity index is 2.81. The van der Waals surface area contributed by atoms with Crippen LogP contribution in [0.4, 0.5) is 0 Å². The van der Waals surface area contributed by atoms with Gasteiger partial charge in [0.2, 0.25) is 0 Å². The quantitative estimate of drug-likeness (QED) is 0.811. The summed E-state index contributed by atoms with van der Waals surface area (Å²) in [5.41, 5.74) is 0.414. The molecule has 0 unspecified atom stereocenters. The number of hydrogen-bond acceptors (Lipinski definition) is 5. The number of benzene rings is 1. The van der Waals surface area contributed by atoms with E-state index in [0.29, 0.717) is 5.56 Å². The van der Waals surface area contributed by atoms with E-state index in [1.807, 2.05) is 0 Å². The van der Waals surface area contributed by atoms with Gasteiger partial charge >= 0.3 is 11.9 Å². The van der Waals surface area contributed by atoms with Gasteiger partial charge in [-0.3, -0.25) is 9.59 Å². The number of phenols is 1. The van der Waals surface area contributed by atoms with Crippen LogP contribution in [0.15, 0.2) is 24.3 Å². The third-order valence-corrected chi connectivity index (χ3v) is 2.28. The molecule has 18 heavy (non-hydrogen) atoms. The van der Waals surface area contributed by atoms with Crippen molar-refractivity contribution in [3.8, 4) is 5.75 Å². The van der Waals surface area contributed by atoms with Gasteiger partial charge in [-0.25, -0.2) is 0 Å². The SMILES string of the molecule is CCC(=O)OC[C@@H](OC(C)=O)c1ccccc1O. The van der Waals surface area contributed by atoms with Crippen LogP contribution in [-0.2, 0) is 19.1 Å². The Morgan fingerprint density at radius 3 is 2.56 bits per heavy atom. The third-order valence-electron chi connectivity index (χ3n) is 2.28. The Bertz CT molecular complexity index is 427. The molecule has 5 heteroatoms. The number of hydrogen-bond donors (Lipinski definition) is 1. The van der Waals surface area contributed by atoms with Crippen LogP contribution in [0.5, 0.6) is 5.75 Å². The number of aromatic hydroxyl groups is 1. The molecule has 0 saturated heterocycles. The summed E-state index contributed by atoms with van der Waals surface area (Å²) in [6.07, 6.45) is -0.549. The van der Waals surface area contributed by atoms with Crippen molar-refractivity contribution in [1.29, 1.82) is 0 Å². The Morgan fingerprint density at radius 1 is 1.33 bits per heavy atom. The molecule has 0 aliphatic heterocycles. The van der Waals surface area contributed by atoms with Crippen LogP contribution < -0.4 is 0 Å². The fourth-order valence-corrected chi connectivity index (χ4v) is 1.42. The number of rotatable bonds is 5. The summed E-state index contributed by atoms with van der Waals surface area (Å²) in [7, 11) is 0. The van der Waals surface area contributed by atoms with Crippen LogP contribution in [-0.4, -0.2) is 23.7 Å². The first-order valence-corrected chi connectivity index (χ1v) is 5.65. The zero-order chi connectivity index (χ0) is 13.5. The highest BCUT2D eigenvalue weighted by atomic mass is 16.6. The molecule has 1 aromatic rings. The van der Waals surface area contributed by atoms with Crippen molar-refractivity contribution < 1.29 is 24.2 Å². The lowest BCUT2D eigenvalue weighted by Crippen LogP contribution is -2.17. The van der Waals surface area contributed by atoms with Crippen molar-refractivity contribution in [2.45, 2.75) is 26.4 Å². The molecule has 0 heterocycles. The molecule has 98 valence electrons. The molecular weight excluding hydrogens is 236 g/mol. The zero-order valence-electron chi connectivity index (χ0n) is 10.4. The predicted octanol–water partition coefficient (Wildman–Crippen LogP) is 1.95. The van der Waals surface area contributed by atoms with E-state index in [2.05, 4.69) is 0 Å². The molecule has 0 aromatic heterocycles. The fourth-order valence-electron chi connectivity index (χ4n) is 1.42. The second kappa shape index (κ2) is 6.64. The molecule has 0 radical (unpaired) electrons. The van der Waals surface area contributed by atoms with Gasteiger partial charge in [-0.05, 0) is 6.07 Å². The summed E-state index contributed by atoms with van der Waals surface area (Å²) in [6.45, 7) is 2.82. The number of para-hydroxylation sites is 1. The highest BCUT2D eigenvalue weighted by molar-refractivity contribution is 5.69. The lowest BCUT2D eigenvalue weighted by atomic mass is 10.1. The smallest absolute Gasteiger partial charge is 0.305 e. The first-order valence-electron chi connectivity index (χ1n) is 5.65. The molecular formula is C13H16O5. The molecule has 1 aromatic carbocycles. The van der Waals surface area contributed by atoms with E-state index in [1.165, 1.54) is 13.0 Å². The van der Waals surface area contributed by atoms with Crippen LogP contribution >= 0.6 is 0 Å². The first-order chi connectivity index (χ1) is 8.54. The van der Waals surface area contributed by atoms with Crippen LogP contribution in [0.3, 0.4) is 0 Å². The molecule has 0 amide bonds. The largest absolute Gasteiger partial charge is 0.508 e. The molecule has 1 N–H and O–H groups in total. The maximum Gasteiger partial charge on any atom is 0.305 e. The topological polar surface area (TPSA) is 72.8 Å². The summed E-state index contributed by atoms with van der Waals surface area (Å²) in [6, 6.07) is 6.45. The molecule has 1 atom stereocenters. The van der Waals surface area contributed by atoms with Gasteiger partial charge in [0.25, 0.3) is 0 Å². The number of carbonyl (C=O) groups is 2. The predicted molar refractivity (Wildman–Crippen MR) is 63.9 cm³/mol. The van der Waals surface area contributed by atoms with Gasteiger partial charge in [-0.15, -0.1) is 0 Å². The summed E-state index contributed by atoms with van der Waals surface area (Å²) in [5, 5.41) is 9.68. The number of esters is 2. The Labute approximate surface area is 105 Å². The van der Waals surface area contributed by atoms with Crippen LogP contribution in [0, 0.1) is 0 Å². The van der Waals surface area contributed by atoms with Crippen LogP contribution in [0.2, 0.25) is 0 Å². The monoisotopic (exact) mass is 252 g/mol. The second-order valence-electron chi connectivity index (χ2n) is 3.69. The average molecular weight is 252 g/mol. The fraction of sp³-hybridized carbons (Fsp3) is 0.385.